The van der Waals surface area contributed by atoms with Crippen molar-refractivity contribution in [3.05, 3.63) is 12.7 Å². The molecule has 3 rings (SSSR count). The molecule has 2 aromatic rings. The number of rotatable bonds is 5. The maximum absolute atomic E-state index is 11.2. The second kappa shape index (κ2) is 6.36. The third kappa shape index (κ3) is 4.03. The number of hydrogen-bond acceptors (Lipinski definition) is 9. The fourth-order valence-corrected chi connectivity index (χ4v) is 3.50. The lowest BCUT2D eigenvalue weighted by atomic mass is 10.2. The van der Waals surface area contributed by atoms with E-state index in [1.54, 1.807) is 0 Å². The first-order chi connectivity index (χ1) is 11.6. The molecule has 0 radical (unpaired) electrons. The van der Waals surface area contributed by atoms with Crippen molar-refractivity contribution in [1.82, 2.24) is 19.5 Å². The molecule has 1 fully saturated rings. The Balaban J connectivity index is 1.99. The Morgan fingerprint density at radius 3 is 2.48 bits per heavy atom. The van der Waals surface area contributed by atoms with E-state index in [2.05, 4.69) is 24.0 Å². The predicted octanol–water partition coefficient (Wildman–Crippen LogP) is -1.11. The second-order valence-electron chi connectivity index (χ2n) is 5.00. The lowest BCUT2D eigenvalue weighted by Gasteiger charge is -2.24. The molecule has 6 N–H and O–H groups in total. The van der Waals surface area contributed by atoms with Gasteiger partial charge in [-0.3, -0.25) is 13.6 Å². The highest BCUT2D eigenvalue weighted by molar-refractivity contribution is 7.46. The van der Waals surface area contributed by atoms with Gasteiger partial charge >= 0.3 is 15.6 Å². The Kier molecular flexibility index (Phi) is 4.66. The maximum atomic E-state index is 11.2. The van der Waals surface area contributed by atoms with Gasteiger partial charge in [-0.05, 0) is 0 Å². The highest BCUT2D eigenvalue weighted by atomic mass is 31.2. The summed E-state index contributed by atoms with van der Waals surface area (Å²) in [6.45, 7) is -0.402. The average molecular weight is 397 g/mol. The number of anilines is 1. The summed E-state index contributed by atoms with van der Waals surface area (Å²) >= 11 is 0. The normalized spacial score (nSPS) is 24.9. The summed E-state index contributed by atoms with van der Waals surface area (Å²) in [5.74, 6) is 0.0669. The van der Waals surface area contributed by atoms with Crippen LogP contribution in [-0.4, -0.2) is 57.9 Å². The van der Waals surface area contributed by atoms with Crippen molar-refractivity contribution < 1.29 is 42.5 Å². The summed E-state index contributed by atoms with van der Waals surface area (Å²) in [6.07, 6.45) is -1.87. The Morgan fingerprint density at radius 2 is 1.84 bits per heavy atom. The van der Waals surface area contributed by atoms with E-state index in [0.717, 1.165) is 6.33 Å². The summed E-state index contributed by atoms with van der Waals surface area (Å²) in [7, 11) is -9.99. The van der Waals surface area contributed by atoms with E-state index < -0.39 is 40.7 Å². The fourth-order valence-electron chi connectivity index (χ4n) is 2.41. The number of nitrogens with two attached hydrogens (primary N) is 1. The molecule has 2 aromatic heterocycles. The van der Waals surface area contributed by atoms with Gasteiger partial charge in [-0.15, -0.1) is 0 Å². The molecule has 0 unspecified atom stereocenters. The van der Waals surface area contributed by atoms with Crippen LogP contribution in [-0.2, 0) is 22.9 Å². The van der Waals surface area contributed by atoms with Gasteiger partial charge in [0.05, 0.1) is 12.9 Å². The van der Waals surface area contributed by atoms with Crippen molar-refractivity contribution in [3.63, 3.8) is 0 Å². The van der Waals surface area contributed by atoms with Crippen LogP contribution >= 0.6 is 15.6 Å². The number of hydrogen-bond donors (Lipinski definition) is 5. The number of ether oxygens (including phenoxy) is 1. The highest BCUT2D eigenvalue weighted by Gasteiger charge is 2.47. The van der Waals surface area contributed by atoms with Gasteiger partial charge < -0.3 is 30.0 Å². The Bertz CT molecular complexity index is 877. The molecule has 14 nitrogen and oxygen atoms in total. The van der Waals surface area contributed by atoms with Crippen LogP contribution in [0, 0.1) is 0 Å². The molecule has 3 atom stereocenters. The molecule has 0 aromatic carbocycles. The summed E-state index contributed by atoms with van der Waals surface area (Å²) in [4.78, 5) is 47.8. The lowest BCUT2D eigenvalue weighted by molar-refractivity contribution is -0.0158. The summed E-state index contributed by atoms with van der Waals surface area (Å²) in [6, 6.07) is 0. The topological polar surface area (TPSA) is 212 Å². The van der Waals surface area contributed by atoms with Gasteiger partial charge in [0, 0.05) is 0 Å². The molecule has 1 saturated heterocycles. The van der Waals surface area contributed by atoms with Crippen LogP contribution in [0.25, 0.3) is 11.2 Å². The number of imidazole rings is 1. The minimum absolute atomic E-state index is 0.0669. The molecular weight excluding hydrogens is 384 g/mol. The molecule has 0 spiro atoms. The average Bonchev–Trinajstić information content (AvgIpc) is 3.02. The van der Waals surface area contributed by atoms with Crippen molar-refractivity contribution in [1.29, 1.82) is 0 Å². The van der Waals surface area contributed by atoms with E-state index in [-0.39, 0.29) is 17.0 Å². The second-order valence-corrected chi connectivity index (χ2v) is 7.39. The first-order valence-electron chi connectivity index (χ1n) is 6.58. The monoisotopic (exact) mass is 397 g/mol. The minimum atomic E-state index is -5.03. The summed E-state index contributed by atoms with van der Waals surface area (Å²) in [5, 5.41) is 0. The van der Waals surface area contributed by atoms with E-state index in [0.29, 0.717) is 0 Å². The van der Waals surface area contributed by atoms with Crippen molar-refractivity contribution in [2.75, 3.05) is 12.3 Å². The zero-order valence-corrected chi connectivity index (χ0v) is 14.0. The molecular formula is C9H13N5O9P2. The molecule has 16 heteroatoms. The number of phosphoric acid groups is 2. The van der Waals surface area contributed by atoms with Crippen molar-refractivity contribution >= 4 is 32.6 Å². The minimum Gasteiger partial charge on any atom is -0.382 e. The molecule has 1 aliphatic rings. The van der Waals surface area contributed by atoms with Gasteiger partial charge in [0.25, 0.3) is 0 Å². The quantitative estimate of drug-likeness (QED) is 0.379. The maximum Gasteiger partial charge on any atom is 0.470 e. The molecule has 1 aliphatic heterocycles. The molecule has 0 bridgehead atoms. The molecule has 138 valence electrons. The van der Waals surface area contributed by atoms with Gasteiger partial charge in [0.15, 0.2) is 17.7 Å². The molecule has 3 heterocycles. The number of phosphoric ester groups is 2. The highest BCUT2D eigenvalue weighted by Crippen LogP contribution is 2.48. The van der Waals surface area contributed by atoms with Crippen LogP contribution in [0.5, 0.6) is 0 Å². The largest absolute Gasteiger partial charge is 0.470 e. The SMILES string of the molecule is Nc1ncnc2c1ncn2[C@@H]1OC[C@H](OP(=O)(O)O)[C@H]1OP(=O)(O)O. The van der Waals surface area contributed by atoms with Crippen LogP contribution in [0.2, 0.25) is 0 Å². The first kappa shape index (κ1) is 18.3. The lowest BCUT2D eigenvalue weighted by Crippen LogP contribution is -2.32. The van der Waals surface area contributed by atoms with E-state index in [1.165, 1.54) is 10.9 Å². The van der Waals surface area contributed by atoms with Crippen LogP contribution < -0.4 is 5.73 Å². The molecule has 25 heavy (non-hydrogen) atoms. The fraction of sp³-hybridized carbons (Fsp3) is 0.444. The third-order valence-corrected chi connectivity index (χ3v) is 4.34. The van der Waals surface area contributed by atoms with Crippen LogP contribution in [0.1, 0.15) is 6.23 Å². The van der Waals surface area contributed by atoms with Gasteiger partial charge in [0.2, 0.25) is 0 Å². The van der Waals surface area contributed by atoms with Crippen LogP contribution in [0.3, 0.4) is 0 Å². The van der Waals surface area contributed by atoms with Crippen molar-refractivity contribution in [2.24, 2.45) is 0 Å². The van der Waals surface area contributed by atoms with E-state index in [1.807, 2.05) is 0 Å². The number of aromatic nitrogens is 4. The zero-order chi connectivity index (χ0) is 18.4. The smallest absolute Gasteiger partial charge is 0.382 e. The number of nitrogens with zero attached hydrogens (tertiary/aromatic N) is 4. The standard InChI is InChI=1S/C9H13N5O9P2/c10-7-5-8(12-2-11-7)14(3-13-5)9-6(23-25(18,19)20)4(1-21-9)22-24(15,16)17/h2-4,6,9H,1H2,(H2,10,11,12)(H2,15,16,17)(H2,18,19,20)/t4-,6+,9+/m0/s1. The van der Waals surface area contributed by atoms with Crippen LogP contribution in [0.4, 0.5) is 5.82 Å². The summed E-state index contributed by atoms with van der Waals surface area (Å²) in [5.41, 5.74) is 6.05. The van der Waals surface area contributed by atoms with Gasteiger partial charge in [-0.1, -0.05) is 0 Å². The molecule has 0 aliphatic carbocycles. The molecule has 0 amide bonds. The Morgan fingerprint density at radius 1 is 1.16 bits per heavy atom. The van der Waals surface area contributed by atoms with Crippen molar-refractivity contribution in [3.8, 4) is 0 Å². The van der Waals surface area contributed by atoms with E-state index in [9.17, 15) is 9.13 Å². The number of fused-ring (bicyclic) bond motifs is 1. The molecule has 0 saturated carbocycles. The van der Waals surface area contributed by atoms with Gasteiger partial charge in [0.1, 0.15) is 24.1 Å². The van der Waals surface area contributed by atoms with Crippen LogP contribution in [0.15, 0.2) is 12.7 Å². The summed E-state index contributed by atoms with van der Waals surface area (Å²) < 4.78 is 38.0. The van der Waals surface area contributed by atoms with Crippen molar-refractivity contribution in [2.45, 2.75) is 18.4 Å². The number of nitrogen functional groups attached to an aromatic ring is 1. The Hall–Kier alpha value is -1.47. The first-order valence-corrected chi connectivity index (χ1v) is 9.64. The zero-order valence-electron chi connectivity index (χ0n) is 12.2. The third-order valence-electron chi connectivity index (χ3n) is 3.27. The van der Waals surface area contributed by atoms with E-state index in [4.69, 9.17) is 30.0 Å². The predicted molar refractivity (Wildman–Crippen MR) is 78.6 cm³/mol. The van der Waals surface area contributed by atoms with Gasteiger partial charge in [-0.25, -0.2) is 24.1 Å². The Labute approximate surface area is 139 Å². The van der Waals surface area contributed by atoms with E-state index >= 15 is 0 Å². The van der Waals surface area contributed by atoms with Gasteiger partial charge in [-0.2, -0.15) is 0 Å².